The third kappa shape index (κ3) is 3.26. The molecule has 0 bridgehead atoms. The summed E-state index contributed by atoms with van der Waals surface area (Å²) >= 11 is 7.15. The molecule has 25 heavy (non-hydrogen) atoms. The van der Waals surface area contributed by atoms with Crippen LogP contribution in [0.15, 0.2) is 45.6 Å². The Bertz CT molecular complexity index is 1190. The maximum atomic E-state index is 12.4. The second-order valence-corrected chi connectivity index (χ2v) is 6.86. The van der Waals surface area contributed by atoms with Crippen LogP contribution in [-0.4, -0.2) is 14.6 Å². The van der Waals surface area contributed by atoms with Crippen LogP contribution in [0.1, 0.15) is 22.9 Å². The van der Waals surface area contributed by atoms with Crippen molar-refractivity contribution in [1.82, 2.24) is 14.6 Å². The monoisotopic (exact) mass is 369 g/mol. The highest BCUT2D eigenvalue weighted by molar-refractivity contribution is 7.15. The van der Waals surface area contributed by atoms with Crippen molar-refractivity contribution in [2.45, 2.75) is 6.92 Å². The Hall–Kier alpha value is -2.70. The molecule has 0 saturated heterocycles. The molecule has 1 aromatic carbocycles. The molecule has 0 aliphatic heterocycles. The van der Waals surface area contributed by atoms with E-state index >= 15 is 0 Å². The van der Waals surface area contributed by atoms with Gasteiger partial charge < -0.3 is 4.42 Å². The van der Waals surface area contributed by atoms with Crippen molar-refractivity contribution in [3.8, 4) is 0 Å². The molecule has 3 heterocycles. The van der Waals surface area contributed by atoms with Gasteiger partial charge in [-0.2, -0.15) is 9.50 Å². The van der Waals surface area contributed by atoms with Crippen LogP contribution in [0, 0.1) is 6.92 Å². The van der Waals surface area contributed by atoms with E-state index in [4.69, 9.17) is 16.0 Å². The maximum absolute atomic E-state index is 12.4. The van der Waals surface area contributed by atoms with Crippen molar-refractivity contribution in [1.29, 1.82) is 0 Å². The van der Waals surface area contributed by atoms with Gasteiger partial charge in [0.1, 0.15) is 16.1 Å². The number of halogens is 1. The van der Waals surface area contributed by atoms with Crippen LogP contribution in [-0.2, 0) is 0 Å². The van der Waals surface area contributed by atoms with Crippen molar-refractivity contribution >= 4 is 46.1 Å². The van der Waals surface area contributed by atoms with Gasteiger partial charge in [-0.25, -0.2) is 0 Å². The lowest BCUT2D eigenvalue weighted by Gasteiger charge is -1.91. The molecule has 0 N–H and O–H groups in total. The van der Waals surface area contributed by atoms with Crippen molar-refractivity contribution in [3.05, 3.63) is 79.2 Å². The summed E-state index contributed by atoms with van der Waals surface area (Å²) in [7, 11) is 0. The fourth-order valence-corrected chi connectivity index (χ4v) is 3.35. The van der Waals surface area contributed by atoms with Crippen LogP contribution >= 0.6 is 22.9 Å². The molecule has 124 valence electrons. The van der Waals surface area contributed by atoms with Crippen molar-refractivity contribution < 1.29 is 4.42 Å². The summed E-state index contributed by atoms with van der Waals surface area (Å²) < 4.78 is 7.33. The van der Waals surface area contributed by atoms with Crippen molar-refractivity contribution in [3.63, 3.8) is 0 Å². The second kappa shape index (κ2) is 6.31. The Morgan fingerprint density at radius 3 is 2.64 bits per heavy atom. The third-order valence-electron chi connectivity index (χ3n) is 3.53. The number of rotatable bonds is 3. The summed E-state index contributed by atoms with van der Waals surface area (Å²) in [6.07, 6.45) is 5.35. The summed E-state index contributed by atoms with van der Waals surface area (Å²) in [6, 6.07) is 11.1. The van der Waals surface area contributed by atoms with E-state index in [0.29, 0.717) is 26.1 Å². The van der Waals surface area contributed by atoms with Gasteiger partial charge in [0, 0.05) is 11.1 Å². The minimum atomic E-state index is -0.201. The first-order chi connectivity index (χ1) is 12.1. The second-order valence-electron chi connectivity index (χ2n) is 5.41. The Labute approximate surface area is 151 Å². The number of thiazole rings is 1. The van der Waals surface area contributed by atoms with Crippen LogP contribution in [0.4, 0.5) is 0 Å². The number of aryl methyl sites for hydroxylation is 1. The fourth-order valence-electron chi connectivity index (χ4n) is 2.32. The quantitative estimate of drug-likeness (QED) is 0.555. The van der Waals surface area contributed by atoms with E-state index in [1.165, 1.54) is 15.9 Å². The minimum Gasteiger partial charge on any atom is -0.462 e. The average molecular weight is 370 g/mol. The Kier molecular flexibility index (Phi) is 3.99. The molecule has 0 aliphatic rings. The normalized spacial score (nSPS) is 12.6. The van der Waals surface area contributed by atoms with Gasteiger partial charge in [0.25, 0.3) is 5.56 Å². The lowest BCUT2D eigenvalue weighted by molar-refractivity contribution is 0.525. The first-order valence-electron chi connectivity index (χ1n) is 7.50. The molecular formula is C18H12ClN3O2S. The van der Waals surface area contributed by atoms with Gasteiger partial charge in [-0.05, 0) is 42.8 Å². The first kappa shape index (κ1) is 15.8. The minimum absolute atomic E-state index is 0.201. The number of benzene rings is 1. The molecule has 4 rings (SSSR count). The smallest absolute Gasteiger partial charge is 0.291 e. The SMILES string of the molecule is Cc1ccc(C=c2sc3nc(C=Cc4ccc(Cl)cc4)nn3c2=O)o1. The largest absolute Gasteiger partial charge is 0.462 e. The Balaban J connectivity index is 1.67. The molecule has 0 radical (unpaired) electrons. The van der Waals surface area contributed by atoms with Crippen LogP contribution < -0.4 is 10.1 Å². The van der Waals surface area contributed by atoms with Gasteiger partial charge in [-0.1, -0.05) is 41.1 Å². The number of fused-ring (bicyclic) bond motifs is 1. The lowest BCUT2D eigenvalue weighted by atomic mass is 10.2. The molecule has 0 atom stereocenters. The number of hydrogen-bond donors (Lipinski definition) is 0. The van der Waals surface area contributed by atoms with Gasteiger partial charge in [0.2, 0.25) is 4.96 Å². The van der Waals surface area contributed by atoms with E-state index in [-0.39, 0.29) is 5.56 Å². The third-order valence-corrected chi connectivity index (χ3v) is 4.74. The van der Waals surface area contributed by atoms with Gasteiger partial charge in [0.15, 0.2) is 5.82 Å². The average Bonchev–Trinajstić information content (AvgIpc) is 3.25. The number of furan rings is 1. The molecule has 0 spiro atoms. The molecule has 5 nitrogen and oxygen atoms in total. The molecule has 4 aromatic rings. The van der Waals surface area contributed by atoms with Crippen LogP contribution in [0.25, 0.3) is 23.2 Å². The zero-order valence-electron chi connectivity index (χ0n) is 13.1. The van der Waals surface area contributed by atoms with E-state index in [2.05, 4.69) is 10.1 Å². The van der Waals surface area contributed by atoms with Gasteiger partial charge >= 0.3 is 0 Å². The standard InChI is InChI=1S/C18H12ClN3O2S/c1-11-2-8-14(24-11)10-15-17(23)22-18(25-15)20-16(21-22)9-5-12-3-6-13(19)7-4-12/h2-10H,1H3. The highest BCUT2D eigenvalue weighted by Gasteiger charge is 2.09. The number of nitrogens with zero attached hydrogens (tertiary/aromatic N) is 3. The first-order valence-corrected chi connectivity index (χ1v) is 8.69. The van der Waals surface area contributed by atoms with Crippen LogP contribution in [0.2, 0.25) is 5.02 Å². The predicted molar refractivity (Wildman–Crippen MR) is 99.7 cm³/mol. The molecule has 0 aliphatic carbocycles. The summed E-state index contributed by atoms with van der Waals surface area (Å²) in [5.41, 5.74) is 0.778. The highest BCUT2D eigenvalue weighted by Crippen LogP contribution is 2.12. The number of hydrogen-bond acceptors (Lipinski definition) is 5. The van der Waals surface area contributed by atoms with Crippen molar-refractivity contribution in [2.75, 3.05) is 0 Å². The maximum Gasteiger partial charge on any atom is 0.291 e. The van der Waals surface area contributed by atoms with Gasteiger partial charge in [-0.15, -0.1) is 5.10 Å². The molecule has 7 heteroatoms. The molecule has 0 fully saturated rings. The lowest BCUT2D eigenvalue weighted by Crippen LogP contribution is -2.23. The summed E-state index contributed by atoms with van der Waals surface area (Å²) in [5.74, 6) is 1.92. The Morgan fingerprint density at radius 1 is 1.16 bits per heavy atom. The van der Waals surface area contributed by atoms with E-state index in [0.717, 1.165) is 11.3 Å². The van der Waals surface area contributed by atoms with Crippen LogP contribution in [0.5, 0.6) is 0 Å². The van der Waals surface area contributed by atoms with E-state index in [1.54, 1.807) is 12.2 Å². The molecule has 0 amide bonds. The highest BCUT2D eigenvalue weighted by atomic mass is 35.5. The summed E-state index contributed by atoms with van der Waals surface area (Å²) in [5, 5.41) is 4.94. The predicted octanol–water partition coefficient (Wildman–Crippen LogP) is 3.42. The molecule has 3 aromatic heterocycles. The summed E-state index contributed by atoms with van der Waals surface area (Å²) in [4.78, 5) is 17.4. The van der Waals surface area contributed by atoms with Gasteiger partial charge in [0.05, 0.1) is 0 Å². The molecular weight excluding hydrogens is 358 g/mol. The zero-order valence-corrected chi connectivity index (χ0v) is 14.7. The molecule has 0 unspecified atom stereocenters. The molecule has 0 saturated carbocycles. The van der Waals surface area contributed by atoms with E-state index < -0.39 is 0 Å². The summed E-state index contributed by atoms with van der Waals surface area (Å²) in [6.45, 7) is 1.86. The number of aromatic nitrogens is 3. The van der Waals surface area contributed by atoms with Crippen LogP contribution in [0.3, 0.4) is 0 Å². The fraction of sp³-hybridized carbons (Fsp3) is 0.0556. The Morgan fingerprint density at radius 2 is 1.96 bits per heavy atom. The van der Waals surface area contributed by atoms with E-state index in [1.807, 2.05) is 49.4 Å². The van der Waals surface area contributed by atoms with Gasteiger partial charge in [-0.3, -0.25) is 4.79 Å². The zero-order chi connectivity index (χ0) is 17.4. The topological polar surface area (TPSA) is 60.4 Å². The van der Waals surface area contributed by atoms with E-state index in [9.17, 15) is 4.79 Å². The van der Waals surface area contributed by atoms with Crippen molar-refractivity contribution in [2.24, 2.45) is 0 Å².